The lowest BCUT2D eigenvalue weighted by Gasteiger charge is -2.12. The molecular weight excluding hydrogens is 338 g/mol. The van der Waals surface area contributed by atoms with Gasteiger partial charge in [0, 0.05) is 17.3 Å². The number of aromatic nitrogens is 3. The van der Waals surface area contributed by atoms with Crippen molar-refractivity contribution in [1.29, 1.82) is 0 Å². The van der Waals surface area contributed by atoms with Crippen molar-refractivity contribution in [1.82, 2.24) is 19.9 Å². The van der Waals surface area contributed by atoms with Crippen LogP contribution in [0.4, 0.5) is 8.78 Å². The monoisotopic (exact) mass is 356 g/mol. The van der Waals surface area contributed by atoms with Crippen LogP contribution in [0.25, 0.3) is 16.9 Å². The molecule has 1 aromatic carbocycles. The summed E-state index contributed by atoms with van der Waals surface area (Å²) in [5.74, 6) is -1.26. The Balaban J connectivity index is 1.78. The second-order valence-corrected chi connectivity index (χ2v) is 6.79. The van der Waals surface area contributed by atoms with Gasteiger partial charge in [-0.15, -0.1) is 5.10 Å². The maximum absolute atomic E-state index is 14.4. The number of nitrogens with zero attached hydrogens (tertiary/aromatic N) is 3. The molecule has 1 N–H and O–H groups in total. The van der Waals surface area contributed by atoms with Crippen LogP contribution in [-0.2, 0) is 0 Å². The smallest absolute Gasteiger partial charge is 0.260 e. The number of halogens is 2. The van der Waals surface area contributed by atoms with Crippen molar-refractivity contribution in [2.75, 3.05) is 0 Å². The molecule has 1 atom stereocenters. The van der Waals surface area contributed by atoms with Crippen LogP contribution in [-0.4, -0.2) is 26.5 Å². The molecule has 0 bridgehead atoms. The number of rotatable bonds is 4. The van der Waals surface area contributed by atoms with Crippen LogP contribution in [0.1, 0.15) is 35.8 Å². The molecule has 5 nitrogen and oxygen atoms in total. The number of hydrogen-bond acceptors (Lipinski definition) is 3. The molecule has 26 heavy (non-hydrogen) atoms. The Labute approximate surface area is 149 Å². The fourth-order valence-electron chi connectivity index (χ4n) is 3.09. The van der Waals surface area contributed by atoms with Crippen molar-refractivity contribution in [3.63, 3.8) is 0 Å². The van der Waals surface area contributed by atoms with Gasteiger partial charge in [-0.25, -0.2) is 13.9 Å². The van der Waals surface area contributed by atoms with Gasteiger partial charge in [-0.2, -0.15) is 4.39 Å². The zero-order chi connectivity index (χ0) is 18.4. The SMILES string of the molecule is Cc1cc(-c2ccc(F)cc2)nc2c(C(=O)N[C@@H](C)C3CC3)c(F)nn12. The molecular formula is C19H18F2N4O. The lowest BCUT2D eigenvalue weighted by atomic mass is 10.1. The molecule has 0 radical (unpaired) electrons. The summed E-state index contributed by atoms with van der Waals surface area (Å²) in [7, 11) is 0. The lowest BCUT2D eigenvalue weighted by molar-refractivity contribution is 0.0933. The maximum Gasteiger partial charge on any atom is 0.260 e. The van der Waals surface area contributed by atoms with Gasteiger partial charge in [-0.3, -0.25) is 4.79 Å². The van der Waals surface area contributed by atoms with Crippen molar-refractivity contribution in [2.24, 2.45) is 5.92 Å². The minimum absolute atomic E-state index is 0.0155. The van der Waals surface area contributed by atoms with Crippen LogP contribution in [0.2, 0.25) is 0 Å². The van der Waals surface area contributed by atoms with E-state index in [-0.39, 0.29) is 23.1 Å². The third-order valence-corrected chi connectivity index (χ3v) is 4.78. The number of hydrogen-bond donors (Lipinski definition) is 1. The highest BCUT2D eigenvalue weighted by molar-refractivity contribution is 6.00. The van der Waals surface area contributed by atoms with Gasteiger partial charge in [0.05, 0.1) is 5.69 Å². The molecule has 1 saturated carbocycles. The van der Waals surface area contributed by atoms with Crippen LogP contribution in [0.15, 0.2) is 30.3 Å². The number of carbonyl (C=O) groups excluding carboxylic acids is 1. The van der Waals surface area contributed by atoms with Gasteiger partial charge in [0.2, 0.25) is 5.95 Å². The fraction of sp³-hybridized carbons (Fsp3) is 0.316. The highest BCUT2D eigenvalue weighted by Crippen LogP contribution is 2.32. The Hall–Kier alpha value is -2.83. The summed E-state index contributed by atoms with van der Waals surface area (Å²) in [6, 6.07) is 7.56. The fourth-order valence-corrected chi connectivity index (χ4v) is 3.09. The Morgan fingerprint density at radius 2 is 1.96 bits per heavy atom. The van der Waals surface area contributed by atoms with Gasteiger partial charge < -0.3 is 5.32 Å². The number of fused-ring (bicyclic) bond motifs is 1. The Morgan fingerprint density at radius 1 is 1.27 bits per heavy atom. The van der Waals surface area contributed by atoms with Crippen LogP contribution in [0.5, 0.6) is 0 Å². The summed E-state index contributed by atoms with van der Waals surface area (Å²) in [4.78, 5) is 17.0. The van der Waals surface area contributed by atoms with Gasteiger partial charge in [0.15, 0.2) is 5.65 Å². The summed E-state index contributed by atoms with van der Waals surface area (Å²) in [6.07, 6.45) is 2.15. The molecule has 134 valence electrons. The molecule has 2 heterocycles. The van der Waals surface area contributed by atoms with E-state index in [0.29, 0.717) is 22.9 Å². The molecule has 0 aliphatic heterocycles. The van der Waals surface area contributed by atoms with Crippen molar-refractivity contribution in [2.45, 2.75) is 32.7 Å². The summed E-state index contributed by atoms with van der Waals surface area (Å²) >= 11 is 0. The summed E-state index contributed by atoms with van der Waals surface area (Å²) in [6.45, 7) is 3.67. The Morgan fingerprint density at radius 3 is 2.62 bits per heavy atom. The zero-order valence-corrected chi connectivity index (χ0v) is 14.5. The van der Waals surface area contributed by atoms with E-state index >= 15 is 0 Å². The van der Waals surface area contributed by atoms with Gasteiger partial charge in [0.1, 0.15) is 11.4 Å². The van der Waals surface area contributed by atoms with E-state index in [4.69, 9.17) is 0 Å². The van der Waals surface area contributed by atoms with Crippen LogP contribution in [0.3, 0.4) is 0 Å². The first-order chi connectivity index (χ1) is 12.4. The minimum Gasteiger partial charge on any atom is -0.349 e. The highest BCUT2D eigenvalue weighted by atomic mass is 19.1. The number of aryl methyl sites for hydroxylation is 1. The number of nitrogens with one attached hydrogen (secondary N) is 1. The zero-order valence-electron chi connectivity index (χ0n) is 14.5. The maximum atomic E-state index is 14.4. The summed E-state index contributed by atoms with van der Waals surface area (Å²) < 4.78 is 28.9. The largest absolute Gasteiger partial charge is 0.349 e. The second kappa shape index (κ2) is 6.16. The topological polar surface area (TPSA) is 59.3 Å². The van der Waals surface area contributed by atoms with E-state index in [2.05, 4.69) is 15.4 Å². The first-order valence-corrected chi connectivity index (χ1v) is 8.56. The van der Waals surface area contributed by atoms with E-state index in [1.165, 1.54) is 16.6 Å². The molecule has 4 rings (SSSR count). The van der Waals surface area contributed by atoms with Crippen LogP contribution >= 0.6 is 0 Å². The summed E-state index contributed by atoms with van der Waals surface area (Å²) in [5.41, 5.74) is 1.82. The molecule has 7 heteroatoms. The van der Waals surface area contributed by atoms with E-state index in [0.717, 1.165) is 12.8 Å². The predicted molar refractivity (Wildman–Crippen MR) is 92.7 cm³/mol. The third-order valence-electron chi connectivity index (χ3n) is 4.78. The second-order valence-electron chi connectivity index (χ2n) is 6.79. The van der Waals surface area contributed by atoms with Crippen LogP contribution < -0.4 is 5.32 Å². The van der Waals surface area contributed by atoms with E-state index in [1.54, 1.807) is 25.1 Å². The molecule has 3 aromatic rings. The van der Waals surface area contributed by atoms with Crippen molar-refractivity contribution in [3.05, 3.63) is 53.4 Å². The molecule has 2 aromatic heterocycles. The van der Waals surface area contributed by atoms with Gasteiger partial charge in [-0.1, -0.05) is 0 Å². The van der Waals surface area contributed by atoms with Gasteiger partial charge in [-0.05, 0) is 62.9 Å². The van der Waals surface area contributed by atoms with Crippen molar-refractivity contribution >= 4 is 11.6 Å². The molecule has 1 fully saturated rings. The first kappa shape index (κ1) is 16.6. The minimum atomic E-state index is -0.850. The third kappa shape index (κ3) is 2.94. The van der Waals surface area contributed by atoms with Gasteiger partial charge >= 0.3 is 0 Å². The quantitative estimate of drug-likeness (QED) is 0.778. The average Bonchev–Trinajstić information content (AvgIpc) is 3.38. The highest BCUT2D eigenvalue weighted by Gasteiger charge is 2.31. The lowest BCUT2D eigenvalue weighted by Crippen LogP contribution is -2.34. The van der Waals surface area contributed by atoms with Crippen molar-refractivity contribution in [3.8, 4) is 11.3 Å². The van der Waals surface area contributed by atoms with E-state index in [1.807, 2.05) is 6.92 Å². The molecule has 0 saturated heterocycles. The standard InChI is InChI=1S/C19H18F2N4O/c1-10-9-15(13-5-7-14(20)8-6-13)23-18-16(17(21)24-25(10)18)19(26)22-11(2)12-3-4-12/h5-9,11-12H,3-4H2,1-2H3,(H,22,26)/t11-/m0/s1. The molecule has 1 aliphatic carbocycles. The summed E-state index contributed by atoms with van der Waals surface area (Å²) in [5, 5.41) is 6.66. The normalized spacial score (nSPS) is 15.2. The number of benzene rings is 1. The number of carbonyl (C=O) groups is 1. The molecule has 0 spiro atoms. The molecule has 1 amide bonds. The van der Waals surface area contributed by atoms with E-state index < -0.39 is 11.9 Å². The Bertz CT molecular complexity index is 993. The number of amides is 1. The first-order valence-electron chi connectivity index (χ1n) is 8.56. The van der Waals surface area contributed by atoms with E-state index in [9.17, 15) is 13.6 Å². The van der Waals surface area contributed by atoms with Gasteiger partial charge in [0.25, 0.3) is 5.91 Å². The van der Waals surface area contributed by atoms with Crippen LogP contribution in [0, 0.1) is 24.6 Å². The predicted octanol–water partition coefficient (Wildman–Crippen LogP) is 3.51. The Kier molecular flexibility index (Phi) is 3.94. The molecule has 1 aliphatic rings. The average molecular weight is 356 g/mol. The van der Waals surface area contributed by atoms with Crippen molar-refractivity contribution < 1.29 is 13.6 Å². The molecule has 0 unspecified atom stereocenters.